The van der Waals surface area contributed by atoms with Crippen LogP contribution < -0.4 is 0 Å². The van der Waals surface area contributed by atoms with Gasteiger partial charge in [0.25, 0.3) is 0 Å². The van der Waals surface area contributed by atoms with E-state index in [4.69, 9.17) is 19.4 Å². The second-order valence-electron chi connectivity index (χ2n) is 14.0. The van der Waals surface area contributed by atoms with Crippen molar-refractivity contribution in [2.24, 2.45) is 0 Å². The summed E-state index contributed by atoms with van der Waals surface area (Å²) < 4.78 is 9.40. The Morgan fingerprint density at radius 3 is 1.45 bits per heavy atom. The van der Waals surface area contributed by atoms with Crippen LogP contribution in [0.25, 0.3) is 106 Å². The predicted octanol–water partition coefficient (Wildman–Crippen LogP) is 13.2. The van der Waals surface area contributed by atoms with Gasteiger partial charge >= 0.3 is 0 Å². The standard InChI is InChI=1S/C51H32N4O/c1-4-15-33(16-5-1)34-27-29-35(30-28-34)38-31-32-44(55-42-24-12-10-21-39(42)40-22-11-13-25-43(40)55)47-46-41(23-14-26-45(46)56-48(38)47)51-53-49(36-17-6-2-7-18-36)52-50(54-51)37-19-8-3-9-20-37/h1-32H. The van der Waals surface area contributed by atoms with Crippen LogP contribution in [0.4, 0.5) is 0 Å². The smallest absolute Gasteiger partial charge is 0.164 e. The summed E-state index contributed by atoms with van der Waals surface area (Å²) >= 11 is 0. The van der Waals surface area contributed by atoms with E-state index < -0.39 is 0 Å². The highest BCUT2D eigenvalue weighted by Gasteiger charge is 2.24. The number of hydrogen-bond acceptors (Lipinski definition) is 4. The van der Waals surface area contributed by atoms with Gasteiger partial charge in [0.2, 0.25) is 0 Å². The summed E-state index contributed by atoms with van der Waals surface area (Å²) in [5, 5.41) is 4.34. The lowest BCUT2D eigenvalue weighted by Crippen LogP contribution is -2.00. The fourth-order valence-corrected chi connectivity index (χ4v) is 8.09. The Balaban J connectivity index is 1.22. The molecule has 262 valence electrons. The Morgan fingerprint density at radius 2 is 0.839 bits per heavy atom. The zero-order valence-corrected chi connectivity index (χ0v) is 30.2. The zero-order valence-electron chi connectivity index (χ0n) is 30.2. The van der Waals surface area contributed by atoms with Crippen molar-refractivity contribution in [3.8, 4) is 62.1 Å². The number of rotatable bonds is 6. The number of para-hydroxylation sites is 2. The van der Waals surface area contributed by atoms with E-state index in [0.29, 0.717) is 17.5 Å². The van der Waals surface area contributed by atoms with E-state index in [1.807, 2.05) is 78.9 Å². The molecule has 0 fully saturated rings. The maximum absolute atomic E-state index is 7.02. The topological polar surface area (TPSA) is 56.7 Å². The van der Waals surface area contributed by atoms with Gasteiger partial charge in [0.1, 0.15) is 11.2 Å². The average Bonchev–Trinajstić information content (AvgIpc) is 3.84. The number of aromatic nitrogens is 4. The molecule has 11 rings (SSSR count). The minimum Gasteiger partial charge on any atom is -0.455 e. The Hall–Kier alpha value is -7.63. The number of hydrogen-bond donors (Lipinski definition) is 0. The largest absolute Gasteiger partial charge is 0.455 e. The lowest BCUT2D eigenvalue weighted by molar-refractivity contribution is 0.670. The lowest BCUT2D eigenvalue weighted by Gasteiger charge is -2.13. The van der Waals surface area contributed by atoms with Gasteiger partial charge in [0, 0.05) is 38.4 Å². The summed E-state index contributed by atoms with van der Waals surface area (Å²) in [5.74, 6) is 1.80. The summed E-state index contributed by atoms with van der Waals surface area (Å²) in [4.78, 5) is 15.3. The molecule has 0 saturated carbocycles. The van der Waals surface area contributed by atoms with Crippen LogP contribution in [0.15, 0.2) is 199 Å². The van der Waals surface area contributed by atoms with Gasteiger partial charge in [-0.25, -0.2) is 15.0 Å². The maximum atomic E-state index is 7.02. The van der Waals surface area contributed by atoms with Crippen molar-refractivity contribution in [3.05, 3.63) is 194 Å². The zero-order chi connectivity index (χ0) is 37.0. The van der Waals surface area contributed by atoms with Crippen molar-refractivity contribution < 1.29 is 4.42 Å². The Kier molecular flexibility index (Phi) is 7.42. The second kappa shape index (κ2) is 13.0. The molecule has 11 aromatic rings. The molecule has 0 atom stereocenters. The Labute approximate surface area is 322 Å². The molecule has 0 aliphatic heterocycles. The molecular weight excluding hydrogens is 685 g/mol. The predicted molar refractivity (Wildman–Crippen MR) is 229 cm³/mol. The van der Waals surface area contributed by atoms with Gasteiger partial charge in [-0.3, -0.25) is 0 Å². The summed E-state index contributed by atoms with van der Waals surface area (Å²) in [7, 11) is 0. The molecule has 0 spiro atoms. The second-order valence-corrected chi connectivity index (χ2v) is 14.0. The van der Waals surface area contributed by atoms with Crippen molar-refractivity contribution in [1.29, 1.82) is 0 Å². The molecule has 56 heavy (non-hydrogen) atoms. The van der Waals surface area contributed by atoms with Crippen molar-refractivity contribution >= 4 is 43.7 Å². The average molecular weight is 717 g/mol. The number of furan rings is 1. The highest BCUT2D eigenvalue weighted by molar-refractivity contribution is 6.20. The molecule has 3 aromatic heterocycles. The normalized spacial score (nSPS) is 11.6. The Morgan fingerprint density at radius 1 is 0.339 bits per heavy atom. The maximum Gasteiger partial charge on any atom is 0.164 e. The van der Waals surface area contributed by atoms with Crippen molar-refractivity contribution in [2.75, 3.05) is 0 Å². The fraction of sp³-hybridized carbons (Fsp3) is 0. The monoisotopic (exact) mass is 716 g/mol. The van der Waals surface area contributed by atoms with Crippen LogP contribution in [0, 0.1) is 0 Å². The molecule has 5 nitrogen and oxygen atoms in total. The molecule has 0 N–H and O–H groups in total. The minimum atomic E-state index is 0.580. The third-order valence-electron chi connectivity index (χ3n) is 10.7. The van der Waals surface area contributed by atoms with Crippen LogP contribution in [0.3, 0.4) is 0 Å². The van der Waals surface area contributed by atoms with E-state index in [1.165, 1.54) is 16.3 Å². The first-order valence-corrected chi connectivity index (χ1v) is 18.8. The number of fused-ring (bicyclic) bond motifs is 6. The van der Waals surface area contributed by atoms with Gasteiger partial charge in [-0.2, -0.15) is 0 Å². The van der Waals surface area contributed by atoms with E-state index in [1.54, 1.807) is 0 Å². The lowest BCUT2D eigenvalue weighted by atomic mass is 9.97. The summed E-state index contributed by atoms with van der Waals surface area (Å²) in [6.07, 6.45) is 0. The summed E-state index contributed by atoms with van der Waals surface area (Å²) in [6.45, 7) is 0. The van der Waals surface area contributed by atoms with Gasteiger partial charge in [-0.1, -0.05) is 164 Å². The van der Waals surface area contributed by atoms with Crippen molar-refractivity contribution in [1.82, 2.24) is 19.5 Å². The van der Waals surface area contributed by atoms with Crippen LogP contribution in [-0.4, -0.2) is 19.5 Å². The van der Waals surface area contributed by atoms with E-state index in [-0.39, 0.29) is 0 Å². The van der Waals surface area contributed by atoms with Gasteiger partial charge < -0.3 is 8.98 Å². The first kappa shape index (κ1) is 31.9. The SMILES string of the molecule is c1ccc(-c2ccc(-c3ccc(-n4c5ccccc5c5ccccc54)c4c3oc3cccc(-c5nc(-c6ccccc6)nc(-c6ccccc6)n5)c34)cc2)cc1. The molecule has 0 amide bonds. The first-order valence-electron chi connectivity index (χ1n) is 18.8. The molecule has 0 aliphatic carbocycles. The van der Waals surface area contributed by atoms with Crippen molar-refractivity contribution in [3.63, 3.8) is 0 Å². The molecule has 0 aliphatic rings. The Bertz CT molecular complexity index is 3110. The molecule has 0 radical (unpaired) electrons. The minimum absolute atomic E-state index is 0.580. The van der Waals surface area contributed by atoms with Gasteiger partial charge in [0.05, 0.1) is 22.1 Å². The molecule has 0 bridgehead atoms. The van der Waals surface area contributed by atoms with Gasteiger partial charge in [-0.05, 0) is 47.0 Å². The van der Waals surface area contributed by atoms with Crippen LogP contribution in [0.1, 0.15) is 0 Å². The molecule has 5 heteroatoms. The highest BCUT2D eigenvalue weighted by atomic mass is 16.3. The van der Waals surface area contributed by atoms with Gasteiger partial charge in [0.15, 0.2) is 17.5 Å². The third kappa shape index (κ3) is 5.21. The molecule has 0 saturated heterocycles. The third-order valence-corrected chi connectivity index (χ3v) is 10.7. The van der Waals surface area contributed by atoms with E-state index in [0.717, 1.165) is 72.0 Å². The first-order chi connectivity index (χ1) is 27.8. The van der Waals surface area contributed by atoms with Crippen LogP contribution in [-0.2, 0) is 0 Å². The van der Waals surface area contributed by atoms with Crippen LogP contribution >= 0.6 is 0 Å². The molecule has 8 aromatic carbocycles. The fourth-order valence-electron chi connectivity index (χ4n) is 8.09. The molecule has 3 heterocycles. The molecular formula is C51H32N4O. The molecule has 0 unspecified atom stereocenters. The van der Waals surface area contributed by atoms with Crippen LogP contribution in [0.5, 0.6) is 0 Å². The summed E-state index contributed by atoms with van der Waals surface area (Å²) in [6, 6.07) is 67.3. The van der Waals surface area contributed by atoms with Crippen molar-refractivity contribution in [2.45, 2.75) is 0 Å². The number of nitrogens with zero attached hydrogens (tertiary/aromatic N) is 4. The van der Waals surface area contributed by atoms with Crippen LogP contribution in [0.2, 0.25) is 0 Å². The summed E-state index contributed by atoms with van der Waals surface area (Å²) in [5.41, 5.74) is 12.0. The van der Waals surface area contributed by atoms with E-state index in [9.17, 15) is 0 Å². The number of benzene rings is 8. The highest BCUT2D eigenvalue weighted by Crippen LogP contribution is 2.45. The van der Waals surface area contributed by atoms with Gasteiger partial charge in [-0.15, -0.1) is 0 Å². The quantitative estimate of drug-likeness (QED) is 0.172. The van der Waals surface area contributed by atoms with E-state index >= 15 is 0 Å². The van der Waals surface area contributed by atoms with E-state index in [2.05, 4.69) is 120 Å².